The van der Waals surface area contributed by atoms with Gasteiger partial charge in [0.05, 0.1) is 6.04 Å². The van der Waals surface area contributed by atoms with Gasteiger partial charge in [-0.1, -0.05) is 18.5 Å². The molecule has 1 unspecified atom stereocenters. The maximum atomic E-state index is 5.82. The Hall–Kier alpha value is -1.06. The van der Waals surface area contributed by atoms with Crippen LogP contribution in [0.25, 0.3) is 11.1 Å². The predicted octanol–water partition coefficient (Wildman–Crippen LogP) is 2.89. The van der Waals surface area contributed by atoms with E-state index in [4.69, 9.17) is 21.8 Å². The van der Waals surface area contributed by atoms with Gasteiger partial charge in [0.25, 0.3) is 0 Å². The van der Waals surface area contributed by atoms with Crippen LogP contribution in [0.5, 0.6) is 0 Å². The molecule has 1 aromatic carbocycles. The molecule has 1 atom stereocenters. The molecule has 0 radical (unpaired) electrons. The molecule has 0 spiro atoms. The number of hydrogen-bond acceptors (Lipinski definition) is 3. The summed E-state index contributed by atoms with van der Waals surface area (Å²) in [6.07, 6.45) is 0.806. The van der Waals surface area contributed by atoms with Gasteiger partial charge in [0.15, 0.2) is 5.58 Å². The standard InChI is InChI=1S/C10H11ClN2O/c1-2-7(12)10-13-8-4-3-6(11)5-9(8)14-10/h3-5,7H,2,12H2,1H3. The van der Waals surface area contributed by atoms with Crippen LogP contribution in [-0.2, 0) is 0 Å². The minimum atomic E-state index is -0.138. The quantitative estimate of drug-likeness (QED) is 0.829. The molecule has 0 aliphatic heterocycles. The Morgan fingerprint density at radius 3 is 3.07 bits per heavy atom. The molecule has 0 aliphatic carbocycles. The third kappa shape index (κ3) is 1.61. The Balaban J connectivity index is 2.51. The highest BCUT2D eigenvalue weighted by Crippen LogP contribution is 2.23. The number of hydrogen-bond donors (Lipinski definition) is 1. The van der Waals surface area contributed by atoms with Crippen LogP contribution < -0.4 is 5.73 Å². The summed E-state index contributed by atoms with van der Waals surface area (Å²) in [4.78, 5) is 4.27. The van der Waals surface area contributed by atoms with E-state index in [9.17, 15) is 0 Å². The number of benzene rings is 1. The average Bonchev–Trinajstić information content (AvgIpc) is 2.59. The van der Waals surface area contributed by atoms with Crippen molar-refractivity contribution >= 4 is 22.7 Å². The molecule has 1 aromatic heterocycles. The highest BCUT2D eigenvalue weighted by Gasteiger charge is 2.11. The monoisotopic (exact) mass is 210 g/mol. The van der Waals surface area contributed by atoms with Gasteiger partial charge in [-0.2, -0.15) is 0 Å². The number of fused-ring (bicyclic) bond motifs is 1. The number of rotatable bonds is 2. The van der Waals surface area contributed by atoms with Crippen molar-refractivity contribution in [3.05, 3.63) is 29.1 Å². The topological polar surface area (TPSA) is 52.0 Å². The van der Waals surface area contributed by atoms with E-state index in [0.29, 0.717) is 16.5 Å². The highest BCUT2D eigenvalue weighted by atomic mass is 35.5. The first kappa shape index (κ1) is 9.49. The second kappa shape index (κ2) is 3.59. The molecular formula is C10H11ClN2O. The van der Waals surface area contributed by atoms with E-state index < -0.39 is 0 Å². The molecule has 2 aromatic rings. The maximum absolute atomic E-state index is 5.82. The van der Waals surface area contributed by atoms with Gasteiger partial charge in [-0.15, -0.1) is 0 Å². The van der Waals surface area contributed by atoms with Crippen molar-refractivity contribution in [1.29, 1.82) is 0 Å². The molecule has 74 valence electrons. The van der Waals surface area contributed by atoms with Gasteiger partial charge in [0.1, 0.15) is 5.52 Å². The average molecular weight is 211 g/mol. The van der Waals surface area contributed by atoms with Gasteiger partial charge in [0, 0.05) is 11.1 Å². The van der Waals surface area contributed by atoms with Gasteiger partial charge < -0.3 is 10.2 Å². The second-order valence-electron chi connectivity index (χ2n) is 3.18. The Bertz CT molecular complexity index is 452. The van der Waals surface area contributed by atoms with Gasteiger partial charge >= 0.3 is 0 Å². The summed E-state index contributed by atoms with van der Waals surface area (Å²) in [6, 6.07) is 5.22. The molecule has 0 saturated heterocycles. The lowest BCUT2D eigenvalue weighted by Gasteiger charge is -2.00. The Kier molecular flexibility index (Phi) is 2.44. The molecule has 14 heavy (non-hydrogen) atoms. The van der Waals surface area contributed by atoms with Crippen LogP contribution in [0.15, 0.2) is 22.6 Å². The summed E-state index contributed by atoms with van der Waals surface area (Å²) in [5, 5.41) is 0.644. The number of halogens is 1. The van der Waals surface area contributed by atoms with E-state index in [1.54, 1.807) is 12.1 Å². The summed E-state index contributed by atoms with van der Waals surface area (Å²) in [7, 11) is 0. The normalized spacial score (nSPS) is 13.4. The zero-order valence-electron chi connectivity index (χ0n) is 7.83. The molecule has 2 N–H and O–H groups in total. The van der Waals surface area contributed by atoms with Crippen molar-refractivity contribution in [1.82, 2.24) is 4.98 Å². The van der Waals surface area contributed by atoms with Gasteiger partial charge in [-0.25, -0.2) is 4.98 Å². The van der Waals surface area contributed by atoms with Crippen molar-refractivity contribution in [3.8, 4) is 0 Å². The Labute approximate surface area is 86.9 Å². The fourth-order valence-corrected chi connectivity index (χ4v) is 1.41. The lowest BCUT2D eigenvalue weighted by molar-refractivity contribution is 0.469. The third-order valence-electron chi connectivity index (χ3n) is 2.12. The van der Waals surface area contributed by atoms with Crippen LogP contribution in [-0.4, -0.2) is 4.98 Å². The molecule has 2 rings (SSSR count). The first-order valence-corrected chi connectivity index (χ1v) is 4.90. The predicted molar refractivity (Wildman–Crippen MR) is 56.2 cm³/mol. The number of nitrogens with zero attached hydrogens (tertiary/aromatic N) is 1. The summed E-state index contributed by atoms with van der Waals surface area (Å²) >= 11 is 5.82. The van der Waals surface area contributed by atoms with Crippen molar-refractivity contribution in [2.75, 3.05) is 0 Å². The van der Waals surface area contributed by atoms with Crippen LogP contribution in [0.1, 0.15) is 25.3 Å². The van der Waals surface area contributed by atoms with E-state index >= 15 is 0 Å². The van der Waals surface area contributed by atoms with Crippen LogP contribution in [0.2, 0.25) is 5.02 Å². The fourth-order valence-electron chi connectivity index (χ4n) is 1.25. The molecule has 0 aliphatic rings. The smallest absolute Gasteiger partial charge is 0.212 e. The maximum Gasteiger partial charge on any atom is 0.212 e. The molecule has 0 bridgehead atoms. The molecule has 0 amide bonds. The van der Waals surface area contributed by atoms with E-state index in [0.717, 1.165) is 11.9 Å². The second-order valence-corrected chi connectivity index (χ2v) is 3.62. The molecule has 3 nitrogen and oxygen atoms in total. The van der Waals surface area contributed by atoms with Crippen LogP contribution in [0.4, 0.5) is 0 Å². The zero-order chi connectivity index (χ0) is 10.1. The van der Waals surface area contributed by atoms with Gasteiger partial charge in [0.2, 0.25) is 5.89 Å². The molecule has 0 saturated carbocycles. The minimum absolute atomic E-state index is 0.138. The minimum Gasteiger partial charge on any atom is -0.439 e. The van der Waals surface area contributed by atoms with Crippen LogP contribution >= 0.6 is 11.6 Å². The number of nitrogens with two attached hydrogens (primary N) is 1. The van der Waals surface area contributed by atoms with Crippen LogP contribution in [0, 0.1) is 0 Å². The third-order valence-corrected chi connectivity index (χ3v) is 2.36. The Morgan fingerprint density at radius 2 is 2.36 bits per heavy atom. The lowest BCUT2D eigenvalue weighted by Crippen LogP contribution is -2.08. The summed E-state index contributed by atoms with van der Waals surface area (Å²) in [6.45, 7) is 1.99. The van der Waals surface area contributed by atoms with Gasteiger partial charge in [-0.05, 0) is 18.6 Å². The van der Waals surface area contributed by atoms with Crippen LogP contribution in [0.3, 0.4) is 0 Å². The first-order chi connectivity index (χ1) is 6.70. The van der Waals surface area contributed by atoms with E-state index in [1.807, 2.05) is 13.0 Å². The summed E-state index contributed by atoms with van der Waals surface area (Å²) in [5.74, 6) is 0.574. The molecular weight excluding hydrogens is 200 g/mol. The van der Waals surface area contributed by atoms with Crippen molar-refractivity contribution in [2.45, 2.75) is 19.4 Å². The van der Waals surface area contributed by atoms with E-state index in [-0.39, 0.29) is 6.04 Å². The van der Waals surface area contributed by atoms with E-state index in [1.165, 1.54) is 0 Å². The van der Waals surface area contributed by atoms with Crippen molar-refractivity contribution in [3.63, 3.8) is 0 Å². The summed E-state index contributed by atoms with van der Waals surface area (Å²) < 4.78 is 5.48. The SMILES string of the molecule is CCC(N)c1nc2ccc(Cl)cc2o1. The van der Waals surface area contributed by atoms with Crippen molar-refractivity contribution < 1.29 is 4.42 Å². The van der Waals surface area contributed by atoms with E-state index in [2.05, 4.69) is 4.98 Å². The number of oxazole rings is 1. The first-order valence-electron chi connectivity index (χ1n) is 4.52. The molecule has 1 heterocycles. The van der Waals surface area contributed by atoms with Crippen molar-refractivity contribution in [2.24, 2.45) is 5.73 Å². The largest absolute Gasteiger partial charge is 0.439 e. The highest BCUT2D eigenvalue weighted by molar-refractivity contribution is 6.31. The molecule has 4 heteroatoms. The lowest BCUT2D eigenvalue weighted by atomic mass is 10.2. The molecule has 0 fully saturated rings. The zero-order valence-corrected chi connectivity index (χ0v) is 8.58. The fraction of sp³-hybridized carbons (Fsp3) is 0.300. The number of aromatic nitrogens is 1. The summed E-state index contributed by atoms with van der Waals surface area (Å²) in [5.41, 5.74) is 7.30. The van der Waals surface area contributed by atoms with Gasteiger partial charge in [-0.3, -0.25) is 0 Å². The Morgan fingerprint density at radius 1 is 1.57 bits per heavy atom.